The number of hydrogen-bond donors (Lipinski definition) is 2. The molecule has 7 nitrogen and oxygen atoms in total. The number of nitrogens with zero attached hydrogens (tertiary/aromatic N) is 5. The van der Waals surface area contributed by atoms with Crippen molar-refractivity contribution >= 4 is 16.7 Å². The maximum atomic E-state index is 14.8. The van der Waals surface area contributed by atoms with Crippen molar-refractivity contribution in [2.75, 3.05) is 5.73 Å². The Morgan fingerprint density at radius 3 is 2.61 bits per heavy atom. The smallest absolute Gasteiger partial charge is 0.149 e. The number of pyridine rings is 2. The van der Waals surface area contributed by atoms with Gasteiger partial charge in [-0.05, 0) is 38.0 Å². The zero-order chi connectivity index (χ0) is 21.8. The van der Waals surface area contributed by atoms with Gasteiger partial charge in [0.1, 0.15) is 34.7 Å². The van der Waals surface area contributed by atoms with Gasteiger partial charge in [0.2, 0.25) is 0 Å². The second kappa shape index (κ2) is 6.86. The lowest BCUT2D eigenvalue weighted by Gasteiger charge is -2.41. The molecule has 0 aliphatic heterocycles. The van der Waals surface area contributed by atoms with Crippen molar-refractivity contribution in [2.45, 2.75) is 31.4 Å². The minimum atomic E-state index is -0.773. The molecule has 4 aromatic rings. The van der Waals surface area contributed by atoms with Gasteiger partial charge in [-0.3, -0.25) is 9.97 Å². The summed E-state index contributed by atoms with van der Waals surface area (Å²) in [6.07, 6.45) is 4.12. The molecule has 3 N–H and O–H groups in total. The zero-order valence-electron chi connectivity index (χ0n) is 16.7. The van der Waals surface area contributed by atoms with Crippen LogP contribution in [0.1, 0.15) is 31.4 Å². The summed E-state index contributed by atoms with van der Waals surface area (Å²) in [7, 11) is 0. The van der Waals surface area contributed by atoms with Crippen LogP contribution >= 0.6 is 0 Å². The van der Waals surface area contributed by atoms with Crippen molar-refractivity contribution in [1.29, 1.82) is 5.26 Å². The number of nitriles is 1. The molecule has 0 saturated heterocycles. The molecule has 8 heteroatoms. The first-order chi connectivity index (χ1) is 14.9. The third kappa shape index (κ3) is 3.02. The molecule has 3 aromatic heterocycles. The normalized spacial score (nSPS) is 20.4. The SMILES string of the molecule is CC1(O)CC(n2nc(-c3ccc4cccnc4c3-c3ncccc3F)c(C#N)c2N)C1. The summed E-state index contributed by atoms with van der Waals surface area (Å²) in [5, 5.41) is 25.4. The van der Waals surface area contributed by atoms with Crippen LogP contribution in [0.3, 0.4) is 0 Å². The lowest BCUT2D eigenvalue weighted by Crippen LogP contribution is -2.42. The highest BCUT2D eigenvalue weighted by Crippen LogP contribution is 2.45. The average molecular weight is 414 g/mol. The molecule has 1 aromatic carbocycles. The number of nitrogens with two attached hydrogens (primary N) is 1. The minimum Gasteiger partial charge on any atom is -0.390 e. The van der Waals surface area contributed by atoms with Crippen LogP contribution < -0.4 is 5.73 Å². The van der Waals surface area contributed by atoms with Gasteiger partial charge in [-0.2, -0.15) is 10.4 Å². The molecule has 0 radical (unpaired) electrons. The van der Waals surface area contributed by atoms with Gasteiger partial charge in [0.05, 0.1) is 17.2 Å². The molecule has 1 aliphatic rings. The van der Waals surface area contributed by atoms with Crippen molar-refractivity contribution in [2.24, 2.45) is 0 Å². The van der Waals surface area contributed by atoms with Gasteiger partial charge < -0.3 is 10.8 Å². The Kier molecular flexibility index (Phi) is 4.24. The predicted octanol–water partition coefficient (Wildman–Crippen LogP) is 3.84. The Labute approximate surface area is 177 Å². The first-order valence-corrected chi connectivity index (χ1v) is 9.89. The highest BCUT2D eigenvalue weighted by atomic mass is 19.1. The molecule has 0 amide bonds. The van der Waals surface area contributed by atoms with Gasteiger partial charge in [-0.25, -0.2) is 9.07 Å². The maximum absolute atomic E-state index is 14.8. The maximum Gasteiger partial charge on any atom is 0.149 e. The largest absolute Gasteiger partial charge is 0.390 e. The van der Waals surface area contributed by atoms with E-state index in [0.717, 1.165) is 5.39 Å². The molecule has 0 spiro atoms. The van der Waals surface area contributed by atoms with E-state index in [1.807, 2.05) is 12.1 Å². The van der Waals surface area contributed by atoms with E-state index in [1.54, 1.807) is 29.9 Å². The van der Waals surface area contributed by atoms with Crippen LogP contribution in [0.4, 0.5) is 10.2 Å². The quantitative estimate of drug-likeness (QED) is 0.527. The van der Waals surface area contributed by atoms with E-state index >= 15 is 0 Å². The highest BCUT2D eigenvalue weighted by Gasteiger charge is 2.41. The summed E-state index contributed by atoms with van der Waals surface area (Å²) in [4.78, 5) is 8.72. The van der Waals surface area contributed by atoms with Crippen LogP contribution in [0.15, 0.2) is 48.8 Å². The molecular formula is C23H19FN6O. The summed E-state index contributed by atoms with van der Waals surface area (Å²) >= 11 is 0. The van der Waals surface area contributed by atoms with Gasteiger partial charge in [0.25, 0.3) is 0 Å². The standard InChI is InChI=1S/C23H19FN6O/c1-23(31)10-14(11-23)30-22(26)16(12-25)20(29-30)15-7-6-13-4-2-8-27-19(13)18(15)21-17(24)5-3-9-28-21/h2-9,14,31H,10-11,26H2,1H3. The fraction of sp³-hybridized carbons (Fsp3) is 0.217. The summed E-state index contributed by atoms with van der Waals surface area (Å²) < 4.78 is 16.4. The monoisotopic (exact) mass is 414 g/mol. The van der Waals surface area contributed by atoms with Crippen molar-refractivity contribution in [3.63, 3.8) is 0 Å². The Morgan fingerprint density at radius 2 is 1.90 bits per heavy atom. The number of halogens is 1. The first kappa shape index (κ1) is 19.2. The molecule has 0 unspecified atom stereocenters. The van der Waals surface area contributed by atoms with Crippen molar-refractivity contribution in [3.05, 3.63) is 60.2 Å². The van der Waals surface area contributed by atoms with Crippen molar-refractivity contribution < 1.29 is 9.50 Å². The Bertz CT molecular complexity index is 1360. The van der Waals surface area contributed by atoms with E-state index < -0.39 is 11.4 Å². The van der Waals surface area contributed by atoms with E-state index in [4.69, 9.17) is 5.73 Å². The third-order valence-electron chi connectivity index (χ3n) is 5.78. The molecule has 5 rings (SSSR count). The van der Waals surface area contributed by atoms with Crippen LogP contribution in [-0.2, 0) is 0 Å². The number of aliphatic hydroxyl groups is 1. The van der Waals surface area contributed by atoms with Gasteiger partial charge in [0, 0.05) is 28.9 Å². The Morgan fingerprint density at radius 1 is 1.16 bits per heavy atom. The van der Waals surface area contributed by atoms with E-state index in [1.165, 1.54) is 18.3 Å². The van der Waals surface area contributed by atoms with Gasteiger partial charge in [-0.1, -0.05) is 18.2 Å². The molecule has 1 saturated carbocycles. The summed E-state index contributed by atoms with van der Waals surface area (Å²) in [5.41, 5.74) is 7.72. The van der Waals surface area contributed by atoms with Crippen LogP contribution in [0.2, 0.25) is 0 Å². The third-order valence-corrected chi connectivity index (χ3v) is 5.78. The molecule has 1 fully saturated rings. The van der Waals surface area contributed by atoms with Crippen LogP contribution in [0.5, 0.6) is 0 Å². The van der Waals surface area contributed by atoms with Crippen LogP contribution in [-0.4, -0.2) is 30.5 Å². The zero-order valence-corrected chi connectivity index (χ0v) is 16.7. The summed E-state index contributed by atoms with van der Waals surface area (Å²) in [6.45, 7) is 1.76. The highest BCUT2D eigenvalue weighted by molar-refractivity contribution is 6.01. The Hall–Kier alpha value is -3.83. The fourth-order valence-electron chi connectivity index (χ4n) is 4.30. The topological polar surface area (TPSA) is 114 Å². The van der Waals surface area contributed by atoms with Gasteiger partial charge in [0.15, 0.2) is 0 Å². The number of anilines is 1. The number of aromatic nitrogens is 4. The molecule has 154 valence electrons. The van der Waals surface area contributed by atoms with E-state index in [-0.39, 0.29) is 23.1 Å². The molecule has 1 aliphatic carbocycles. The van der Waals surface area contributed by atoms with E-state index in [0.29, 0.717) is 35.2 Å². The Balaban J connectivity index is 1.78. The van der Waals surface area contributed by atoms with Crippen molar-refractivity contribution in [1.82, 2.24) is 19.7 Å². The number of nitrogen functional groups attached to an aromatic ring is 1. The summed E-state index contributed by atoms with van der Waals surface area (Å²) in [6, 6.07) is 12.2. The predicted molar refractivity (Wildman–Crippen MR) is 114 cm³/mol. The van der Waals surface area contributed by atoms with E-state index in [9.17, 15) is 14.8 Å². The second-order valence-electron chi connectivity index (χ2n) is 8.12. The lowest BCUT2D eigenvalue weighted by molar-refractivity contribution is -0.0535. The molecular weight excluding hydrogens is 395 g/mol. The van der Waals surface area contributed by atoms with Gasteiger partial charge in [-0.15, -0.1) is 0 Å². The van der Waals surface area contributed by atoms with Crippen LogP contribution in [0.25, 0.3) is 33.4 Å². The lowest BCUT2D eigenvalue weighted by atomic mass is 9.77. The summed E-state index contributed by atoms with van der Waals surface area (Å²) in [5.74, 6) is -0.269. The minimum absolute atomic E-state index is 0.107. The van der Waals surface area contributed by atoms with E-state index in [2.05, 4.69) is 21.1 Å². The number of fused-ring (bicyclic) bond motifs is 1. The average Bonchev–Trinajstić information content (AvgIpc) is 3.07. The molecule has 0 bridgehead atoms. The first-order valence-electron chi connectivity index (χ1n) is 9.89. The second-order valence-corrected chi connectivity index (χ2v) is 8.12. The number of benzene rings is 1. The molecule has 3 heterocycles. The molecule has 0 atom stereocenters. The van der Waals surface area contributed by atoms with Gasteiger partial charge >= 0.3 is 0 Å². The number of hydrogen-bond acceptors (Lipinski definition) is 6. The molecule has 31 heavy (non-hydrogen) atoms. The van der Waals surface area contributed by atoms with Crippen LogP contribution in [0, 0.1) is 17.1 Å². The number of rotatable bonds is 3. The fourth-order valence-corrected chi connectivity index (χ4v) is 4.30. The van der Waals surface area contributed by atoms with Crippen molar-refractivity contribution in [3.8, 4) is 28.6 Å².